The van der Waals surface area contributed by atoms with Crippen molar-refractivity contribution in [3.63, 3.8) is 0 Å². The zero-order valence-electron chi connectivity index (χ0n) is 22.9. The van der Waals surface area contributed by atoms with Gasteiger partial charge in [0.15, 0.2) is 17.6 Å². The van der Waals surface area contributed by atoms with Gasteiger partial charge in [-0.1, -0.05) is 66.7 Å². The molecule has 8 heteroatoms. The third-order valence-electron chi connectivity index (χ3n) is 7.27. The monoisotopic (exact) mass is 545 g/mol. The second-order valence-electron chi connectivity index (χ2n) is 9.86. The molecule has 2 aliphatic heterocycles. The van der Waals surface area contributed by atoms with Gasteiger partial charge in [-0.3, -0.25) is 4.79 Å². The predicted molar refractivity (Wildman–Crippen MR) is 148 cm³/mol. The van der Waals surface area contributed by atoms with Crippen LogP contribution in [0.1, 0.15) is 41.7 Å². The van der Waals surface area contributed by atoms with Crippen LogP contribution in [0.2, 0.25) is 0 Å². The standard InChI is InChI=1S/C32H35NO7/c1-3-38-32(35)27-18-26-24(14-15-28(36-2)30(26)39-20-22-10-6-4-7-11-22)19-33(27)31(34)29(23-12-8-5-9-13-23)40-25-16-17-37-21-25/h4-15,25,27,29H,3,16-21H2,1-2H3/t25?,27-,29?/m0/s1. The van der Waals surface area contributed by atoms with E-state index in [4.69, 9.17) is 23.7 Å². The Morgan fingerprint density at radius 3 is 2.45 bits per heavy atom. The Hall–Kier alpha value is -3.88. The highest BCUT2D eigenvalue weighted by molar-refractivity contribution is 5.89. The molecule has 0 saturated carbocycles. The van der Waals surface area contributed by atoms with Crippen LogP contribution in [0.25, 0.3) is 0 Å². The number of nitrogens with zero attached hydrogens (tertiary/aromatic N) is 1. The Morgan fingerprint density at radius 1 is 1.02 bits per heavy atom. The number of ether oxygens (including phenoxy) is 5. The molecule has 1 saturated heterocycles. The van der Waals surface area contributed by atoms with Gasteiger partial charge in [0.2, 0.25) is 0 Å². The Bertz CT molecular complexity index is 1290. The second kappa shape index (κ2) is 13.0. The first-order chi connectivity index (χ1) is 19.6. The van der Waals surface area contributed by atoms with E-state index in [1.165, 1.54) is 0 Å². The van der Waals surface area contributed by atoms with Crippen LogP contribution in [0.5, 0.6) is 11.5 Å². The van der Waals surface area contributed by atoms with Crippen LogP contribution < -0.4 is 9.47 Å². The Balaban J connectivity index is 1.49. The highest BCUT2D eigenvalue weighted by Gasteiger charge is 2.41. The Labute approximate surface area is 234 Å². The largest absolute Gasteiger partial charge is 0.493 e. The number of hydrogen-bond donors (Lipinski definition) is 0. The van der Waals surface area contributed by atoms with E-state index in [-0.39, 0.29) is 31.6 Å². The van der Waals surface area contributed by atoms with Gasteiger partial charge in [0.05, 0.1) is 26.4 Å². The van der Waals surface area contributed by atoms with Gasteiger partial charge < -0.3 is 28.6 Å². The molecule has 0 N–H and O–H groups in total. The quantitative estimate of drug-likeness (QED) is 0.343. The molecule has 0 aliphatic carbocycles. The first-order valence-corrected chi connectivity index (χ1v) is 13.7. The molecule has 3 aromatic rings. The van der Waals surface area contributed by atoms with Crippen molar-refractivity contribution in [2.24, 2.45) is 0 Å². The molecule has 0 bridgehead atoms. The molecule has 210 valence electrons. The zero-order valence-corrected chi connectivity index (χ0v) is 22.9. The van der Waals surface area contributed by atoms with Gasteiger partial charge in [0, 0.05) is 25.1 Å². The minimum atomic E-state index is -0.876. The van der Waals surface area contributed by atoms with Crippen molar-refractivity contribution >= 4 is 11.9 Å². The smallest absolute Gasteiger partial charge is 0.329 e. The summed E-state index contributed by atoms with van der Waals surface area (Å²) in [5.74, 6) is 0.395. The molecular weight excluding hydrogens is 510 g/mol. The average Bonchev–Trinajstić information content (AvgIpc) is 3.52. The second-order valence-corrected chi connectivity index (χ2v) is 9.86. The number of carbonyl (C=O) groups is 2. The van der Waals surface area contributed by atoms with E-state index in [2.05, 4.69) is 0 Å². The Morgan fingerprint density at radius 2 is 1.77 bits per heavy atom. The van der Waals surface area contributed by atoms with Gasteiger partial charge in [-0.2, -0.15) is 0 Å². The summed E-state index contributed by atoms with van der Waals surface area (Å²) in [6, 6.07) is 22.2. The summed E-state index contributed by atoms with van der Waals surface area (Å²) < 4.78 is 29.2. The van der Waals surface area contributed by atoms with Crippen molar-refractivity contribution in [3.05, 3.63) is 95.1 Å². The van der Waals surface area contributed by atoms with Crippen molar-refractivity contribution in [1.82, 2.24) is 4.90 Å². The fourth-order valence-electron chi connectivity index (χ4n) is 5.22. The topological polar surface area (TPSA) is 83.5 Å². The highest BCUT2D eigenvalue weighted by atomic mass is 16.6. The molecule has 2 heterocycles. The van der Waals surface area contributed by atoms with Gasteiger partial charge in [-0.25, -0.2) is 4.79 Å². The molecule has 8 nitrogen and oxygen atoms in total. The number of fused-ring (bicyclic) bond motifs is 1. The van der Waals surface area contributed by atoms with Crippen LogP contribution in [0, 0.1) is 0 Å². The number of carbonyl (C=O) groups excluding carboxylic acids is 2. The van der Waals surface area contributed by atoms with Crippen LogP contribution in [-0.4, -0.2) is 55.9 Å². The maximum atomic E-state index is 14.2. The summed E-state index contributed by atoms with van der Waals surface area (Å²) in [5.41, 5.74) is 3.46. The maximum Gasteiger partial charge on any atom is 0.329 e. The van der Waals surface area contributed by atoms with Crippen molar-refractivity contribution in [2.75, 3.05) is 26.9 Å². The molecule has 3 aromatic carbocycles. The lowest BCUT2D eigenvalue weighted by Gasteiger charge is -2.38. The molecule has 0 spiro atoms. The van der Waals surface area contributed by atoms with E-state index >= 15 is 0 Å². The third kappa shape index (κ3) is 6.13. The van der Waals surface area contributed by atoms with Crippen LogP contribution in [0.4, 0.5) is 0 Å². The first kappa shape index (κ1) is 27.7. The molecule has 0 radical (unpaired) electrons. The van der Waals surface area contributed by atoms with Gasteiger partial charge in [-0.05, 0) is 36.1 Å². The maximum absolute atomic E-state index is 14.2. The lowest BCUT2D eigenvalue weighted by atomic mass is 9.91. The van der Waals surface area contributed by atoms with Crippen molar-refractivity contribution < 1.29 is 33.3 Å². The number of methoxy groups -OCH3 is 1. The Kier molecular flexibility index (Phi) is 8.98. The molecule has 1 fully saturated rings. The van der Waals surface area contributed by atoms with Crippen LogP contribution >= 0.6 is 0 Å². The summed E-state index contributed by atoms with van der Waals surface area (Å²) in [6.45, 7) is 3.54. The van der Waals surface area contributed by atoms with Crippen LogP contribution in [0.15, 0.2) is 72.8 Å². The van der Waals surface area contributed by atoms with Gasteiger partial charge in [0.1, 0.15) is 12.6 Å². The molecule has 40 heavy (non-hydrogen) atoms. The number of rotatable bonds is 10. The molecule has 5 rings (SSSR count). The fourth-order valence-corrected chi connectivity index (χ4v) is 5.22. The first-order valence-electron chi connectivity index (χ1n) is 13.7. The summed E-state index contributed by atoms with van der Waals surface area (Å²) >= 11 is 0. The van der Waals surface area contributed by atoms with Gasteiger partial charge in [0.25, 0.3) is 5.91 Å². The minimum absolute atomic E-state index is 0.200. The van der Waals surface area contributed by atoms with Crippen molar-refractivity contribution in [2.45, 2.75) is 51.2 Å². The van der Waals surface area contributed by atoms with E-state index in [1.807, 2.05) is 72.8 Å². The lowest BCUT2D eigenvalue weighted by molar-refractivity contribution is -0.163. The minimum Gasteiger partial charge on any atom is -0.493 e. The van der Waals surface area contributed by atoms with E-state index < -0.39 is 18.1 Å². The predicted octanol–water partition coefficient (Wildman–Crippen LogP) is 4.64. The molecule has 2 aliphatic rings. The number of benzene rings is 3. The summed E-state index contributed by atoms with van der Waals surface area (Å²) in [6.07, 6.45) is -0.134. The SMILES string of the molecule is CCOC(=O)[C@@H]1Cc2c(ccc(OC)c2OCc2ccccc2)CN1C(=O)C(OC1CCOC1)c1ccccc1. The van der Waals surface area contributed by atoms with E-state index in [0.717, 1.165) is 22.3 Å². The molecule has 0 aromatic heterocycles. The lowest BCUT2D eigenvalue weighted by Crippen LogP contribution is -2.51. The van der Waals surface area contributed by atoms with Crippen molar-refractivity contribution in [3.8, 4) is 11.5 Å². The molecule has 1 amide bonds. The van der Waals surface area contributed by atoms with Crippen molar-refractivity contribution in [1.29, 1.82) is 0 Å². The normalized spacial score (nSPS) is 19.0. The van der Waals surface area contributed by atoms with Gasteiger partial charge in [-0.15, -0.1) is 0 Å². The summed E-state index contributed by atoms with van der Waals surface area (Å²) in [4.78, 5) is 29.1. The average molecular weight is 546 g/mol. The summed E-state index contributed by atoms with van der Waals surface area (Å²) in [7, 11) is 1.59. The number of amides is 1. The summed E-state index contributed by atoms with van der Waals surface area (Å²) in [5, 5.41) is 0. The van der Waals surface area contributed by atoms with E-state index in [0.29, 0.717) is 37.7 Å². The fraction of sp³-hybridized carbons (Fsp3) is 0.375. The van der Waals surface area contributed by atoms with E-state index in [1.54, 1.807) is 18.9 Å². The van der Waals surface area contributed by atoms with E-state index in [9.17, 15) is 9.59 Å². The van der Waals surface area contributed by atoms with Gasteiger partial charge >= 0.3 is 5.97 Å². The number of esters is 1. The molecule has 2 unspecified atom stereocenters. The number of hydrogen-bond acceptors (Lipinski definition) is 7. The van der Waals surface area contributed by atoms with Crippen LogP contribution in [-0.2, 0) is 43.4 Å². The zero-order chi connectivity index (χ0) is 27.9. The third-order valence-corrected chi connectivity index (χ3v) is 7.27. The van der Waals surface area contributed by atoms with Crippen LogP contribution in [0.3, 0.4) is 0 Å². The highest BCUT2D eigenvalue weighted by Crippen LogP contribution is 2.40. The molecule has 3 atom stereocenters. The molecular formula is C32H35NO7.